The normalized spacial score (nSPS) is 12.2. The fourth-order valence-electron chi connectivity index (χ4n) is 1.64. The van der Waals surface area contributed by atoms with Gasteiger partial charge < -0.3 is 15.3 Å². The van der Waals surface area contributed by atoms with Gasteiger partial charge >= 0.3 is 0 Å². The number of rotatable bonds is 5. The topological polar surface area (TPSA) is 65.5 Å². The van der Waals surface area contributed by atoms with E-state index in [1.807, 2.05) is 42.7 Å². The molecule has 7 heteroatoms. The van der Waals surface area contributed by atoms with Crippen LogP contribution >= 0.6 is 22.7 Å². The molecule has 2 N–H and O–H groups in total. The molecule has 0 bridgehead atoms. The molecule has 0 aliphatic rings. The first-order chi connectivity index (χ1) is 9.49. The Kier molecular flexibility index (Phi) is 4.74. The van der Waals surface area contributed by atoms with E-state index in [2.05, 4.69) is 10.3 Å². The lowest BCUT2D eigenvalue weighted by molar-refractivity contribution is 0.0920. The van der Waals surface area contributed by atoms with Crippen LogP contribution in [0.3, 0.4) is 0 Å². The maximum Gasteiger partial charge on any atom is 0.263 e. The van der Waals surface area contributed by atoms with Gasteiger partial charge in [-0.2, -0.15) is 11.3 Å². The number of aryl methyl sites for hydroxylation is 1. The number of thiophene rings is 1. The summed E-state index contributed by atoms with van der Waals surface area (Å²) in [4.78, 5) is 18.9. The van der Waals surface area contributed by atoms with Crippen LogP contribution in [-0.2, 0) is 0 Å². The summed E-state index contributed by atoms with van der Waals surface area (Å²) < 4.78 is 0. The molecule has 0 aromatic carbocycles. The van der Waals surface area contributed by atoms with Crippen molar-refractivity contribution >= 4 is 33.7 Å². The highest BCUT2D eigenvalue weighted by Crippen LogP contribution is 2.24. The van der Waals surface area contributed by atoms with E-state index in [1.165, 1.54) is 22.7 Å². The van der Waals surface area contributed by atoms with E-state index in [9.17, 15) is 9.90 Å². The van der Waals surface area contributed by atoms with E-state index in [0.29, 0.717) is 10.6 Å². The van der Waals surface area contributed by atoms with E-state index >= 15 is 0 Å². The highest BCUT2D eigenvalue weighted by atomic mass is 32.1. The molecular formula is C13H17N3O2S2. The highest BCUT2D eigenvalue weighted by Gasteiger charge is 2.17. The Bertz CT molecular complexity index is 578. The smallest absolute Gasteiger partial charge is 0.263 e. The largest absolute Gasteiger partial charge is 0.387 e. The minimum atomic E-state index is -0.674. The second-order valence-corrected chi connectivity index (χ2v) is 6.35. The van der Waals surface area contributed by atoms with Crippen molar-refractivity contribution in [2.75, 3.05) is 25.5 Å². The quantitative estimate of drug-likeness (QED) is 0.887. The molecule has 0 aliphatic heterocycles. The van der Waals surface area contributed by atoms with Crippen LogP contribution in [0.2, 0.25) is 0 Å². The fourth-order valence-corrected chi connectivity index (χ4v) is 3.25. The van der Waals surface area contributed by atoms with Gasteiger partial charge in [0.25, 0.3) is 5.91 Å². The van der Waals surface area contributed by atoms with E-state index in [4.69, 9.17) is 0 Å². The zero-order valence-electron chi connectivity index (χ0n) is 11.6. The van der Waals surface area contributed by atoms with Crippen molar-refractivity contribution in [1.82, 2.24) is 10.3 Å². The van der Waals surface area contributed by atoms with Crippen LogP contribution in [0.15, 0.2) is 16.8 Å². The second-order valence-electron chi connectivity index (χ2n) is 4.59. The van der Waals surface area contributed by atoms with Crippen molar-refractivity contribution in [2.24, 2.45) is 0 Å². The average Bonchev–Trinajstić information content (AvgIpc) is 3.04. The number of amides is 1. The van der Waals surface area contributed by atoms with Crippen molar-refractivity contribution in [1.29, 1.82) is 0 Å². The Hall–Kier alpha value is -1.44. The molecular weight excluding hydrogens is 294 g/mol. The van der Waals surface area contributed by atoms with Crippen LogP contribution in [0, 0.1) is 6.92 Å². The predicted octanol–water partition coefficient (Wildman–Crippen LogP) is 2.04. The number of thiazole rings is 1. The Morgan fingerprint density at radius 2 is 2.30 bits per heavy atom. The Labute approximate surface area is 125 Å². The van der Waals surface area contributed by atoms with Gasteiger partial charge in [-0.05, 0) is 29.3 Å². The SMILES string of the molecule is Cc1nc(N(C)C)sc1C(=O)NCC(O)c1ccsc1. The van der Waals surface area contributed by atoms with Crippen LogP contribution in [0.4, 0.5) is 5.13 Å². The lowest BCUT2D eigenvalue weighted by atomic mass is 10.2. The number of carbonyl (C=O) groups is 1. The summed E-state index contributed by atoms with van der Waals surface area (Å²) in [6, 6.07) is 1.85. The van der Waals surface area contributed by atoms with Crippen molar-refractivity contribution < 1.29 is 9.90 Å². The molecule has 108 valence electrons. The summed E-state index contributed by atoms with van der Waals surface area (Å²) >= 11 is 2.87. The van der Waals surface area contributed by atoms with E-state index in [0.717, 1.165) is 10.7 Å². The molecule has 1 unspecified atom stereocenters. The molecule has 0 radical (unpaired) electrons. The summed E-state index contributed by atoms with van der Waals surface area (Å²) in [6.45, 7) is 2.01. The molecule has 0 aliphatic carbocycles. The Balaban J connectivity index is 1.98. The molecule has 2 heterocycles. The van der Waals surface area contributed by atoms with Gasteiger partial charge in [-0.1, -0.05) is 11.3 Å². The monoisotopic (exact) mass is 311 g/mol. The fraction of sp³-hybridized carbons (Fsp3) is 0.385. The zero-order chi connectivity index (χ0) is 14.7. The van der Waals surface area contributed by atoms with Gasteiger partial charge in [0.2, 0.25) is 0 Å². The highest BCUT2D eigenvalue weighted by molar-refractivity contribution is 7.17. The Morgan fingerprint density at radius 1 is 1.55 bits per heavy atom. The number of carbonyl (C=O) groups excluding carboxylic acids is 1. The van der Waals surface area contributed by atoms with Crippen LogP contribution in [-0.4, -0.2) is 36.6 Å². The van der Waals surface area contributed by atoms with Crippen LogP contribution in [0.5, 0.6) is 0 Å². The molecule has 5 nitrogen and oxygen atoms in total. The molecule has 1 amide bonds. The first kappa shape index (κ1) is 15.0. The molecule has 0 spiro atoms. The molecule has 0 fully saturated rings. The molecule has 0 saturated heterocycles. The molecule has 2 aromatic heterocycles. The van der Waals surface area contributed by atoms with Gasteiger partial charge in [0.05, 0.1) is 11.8 Å². The maximum absolute atomic E-state index is 12.1. The maximum atomic E-state index is 12.1. The minimum Gasteiger partial charge on any atom is -0.387 e. The number of aliphatic hydroxyl groups excluding tert-OH is 1. The number of anilines is 1. The van der Waals surface area contributed by atoms with Crippen molar-refractivity contribution in [3.05, 3.63) is 33.0 Å². The van der Waals surface area contributed by atoms with Gasteiger partial charge in [-0.15, -0.1) is 0 Å². The van der Waals surface area contributed by atoms with E-state index in [-0.39, 0.29) is 12.5 Å². The molecule has 20 heavy (non-hydrogen) atoms. The van der Waals surface area contributed by atoms with Crippen LogP contribution < -0.4 is 10.2 Å². The third kappa shape index (κ3) is 3.36. The van der Waals surface area contributed by atoms with Gasteiger partial charge in [0, 0.05) is 20.6 Å². The van der Waals surface area contributed by atoms with Gasteiger partial charge in [0.1, 0.15) is 4.88 Å². The molecule has 0 saturated carbocycles. The number of hydrogen-bond donors (Lipinski definition) is 2. The van der Waals surface area contributed by atoms with E-state index in [1.54, 1.807) is 0 Å². The first-order valence-corrected chi connectivity index (χ1v) is 7.88. The number of aliphatic hydroxyl groups is 1. The van der Waals surface area contributed by atoms with Crippen molar-refractivity contribution in [2.45, 2.75) is 13.0 Å². The van der Waals surface area contributed by atoms with Gasteiger partial charge in [-0.3, -0.25) is 4.79 Å². The molecule has 2 rings (SSSR count). The van der Waals surface area contributed by atoms with Gasteiger partial charge in [0.15, 0.2) is 5.13 Å². The van der Waals surface area contributed by atoms with Crippen LogP contribution in [0.1, 0.15) is 27.0 Å². The standard InChI is InChI=1S/C13H17N3O2S2/c1-8-11(20-13(15-8)16(2)3)12(18)14-6-10(17)9-4-5-19-7-9/h4-5,7,10,17H,6H2,1-3H3,(H,14,18). The minimum absolute atomic E-state index is 0.192. The number of nitrogens with zero attached hydrogens (tertiary/aromatic N) is 2. The van der Waals surface area contributed by atoms with E-state index < -0.39 is 6.10 Å². The Morgan fingerprint density at radius 3 is 2.85 bits per heavy atom. The number of aromatic nitrogens is 1. The molecule has 1 atom stereocenters. The van der Waals surface area contributed by atoms with Crippen LogP contribution in [0.25, 0.3) is 0 Å². The van der Waals surface area contributed by atoms with Crippen molar-refractivity contribution in [3.63, 3.8) is 0 Å². The number of hydrogen-bond acceptors (Lipinski definition) is 6. The second kappa shape index (κ2) is 6.34. The number of nitrogens with one attached hydrogen (secondary N) is 1. The summed E-state index contributed by atoms with van der Waals surface area (Å²) in [5.74, 6) is -0.192. The zero-order valence-corrected chi connectivity index (χ0v) is 13.2. The third-order valence-corrected chi connectivity index (χ3v) is 4.78. The lowest BCUT2D eigenvalue weighted by Gasteiger charge is -2.10. The first-order valence-electron chi connectivity index (χ1n) is 6.12. The summed E-state index contributed by atoms with van der Waals surface area (Å²) in [7, 11) is 3.78. The third-order valence-electron chi connectivity index (χ3n) is 2.76. The van der Waals surface area contributed by atoms with Crippen molar-refractivity contribution in [3.8, 4) is 0 Å². The van der Waals surface area contributed by atoms with Gasteiger partial charge in [-0.25, -0.2) is 4.98 Å². The average molecular weight is 311 g/mol. The lowest BCUT2D eigenvalue weighted by Crippen LogP contribution is -2.28. The predicted molar refractivity (Wildman–Crippen MR) is 82.8 cm³/mol. The molecule has 2 aromatic rings. The summed E-state index contributed by atoms with van der Waals surface area (Å²) in [5.41, 5.74) is 1.53. The summed E-state index contributed by atoms with van der Waals surface area (Å²) in [6.07, 6.45) is -0.674. The summed E-state index contributed by atoms with van der Waals surface area (Å²) in [5, 5.41) is 17.3.